The summed E-state index contributed by atoms with van der Waals surface area (Å²) in [5.74, 6) is -0.342. The molecule has 280 valence electrons. The molecule has 0 saturated carbocycles. The van der Waals surface area contributed by atoms with Crippen molar-refractivity contribution in [1.29, 1.82) is 0 Å². The molecule has 0 saturated heterocycles. The van der Waals surface area contributed by atoms with Crippen molar-refractivity contribution in [3.8, 4) is 0 Å². The van der Waals surface area contributed by atoms with Crippen molar-refractivity contribution in [2.75, 3.05) is 54.1 Å². The lowest BCUT2D eigenvalue weighted by molar-refractivity contribution is -0.870. The lowest BCUT2D eigenvalue weighted by Gasteiger charge is -2.28. The van der Waals surface area contributed by atoms with Crippen molar-refractivity contribution in [2.24, 2.45) is 0 Å². The van der Waals surface area contributed by atoms with E-state index in [1.54, 1.807) is 0 Å². The van der Waals surface area contributed by atoms with Gasteiger partial charge in [0.05, 0.1) is 34.4 Å². The Morgan fingerprint density at radius 3 is 1.62 bits per heavy atom. The maximum atomic E-state index is 12.6. The van der Waals surface area contributed by atoms with Gasteiger partial charge in [-0.15, -0.1) is 0 Å². The van der Waals surface area contributed by atoms with Gasteiger partial charge in [0.25, 0.3) is 7.82 Å². The van der Waals surface area contributed by atoms with Gasteiger partial charge < -0.3 is 27.9 Å². The first-order valence-electron chi connectivity index (χ1n) is 19.4. The number of rotatable bonds is 36. The molecule has 0 fully saturated rings. The number of ether oxygens (including phenoxy) is 2. The van der Waals surface area contributed by atoms with Crippen LogP contribution in [0.4, 0.5) is 0 Å². The molecule has 8 nitrogen and oxygen atoms in total. The predicted octanol–water partition coefficient (Wildman–Crippen LogP) is 10.1. The largest absolute Gasteiger partial charge is 0.756 e. The number of nitrogens with zero attached hydrogens (tertiary/aromatic N) is 1. The van der Waals surface area contributed by atoms with Gasteiger partial charge in [-0.1, -0.05) is 135 Å². The van der Waals surface area contributed by atoms with Crippen LogP contribution < -0.4 is 4.89 Å². The number of phosphoric acid groups is 1. The van der Waals surface area contributed by atoms with E-state index in [1.807, 2.05) is 21.1 Å². The van der Waals surface area contributed by atoms with E-state index >= 15 is 0 Å². The number of carbonyl (C=O) groups is 1. The highest BCUT2D eigenvalue weighted by Crippen LogP contribution is 2.38. The lowest BCUT2D eigenvalue weighted by Crippen LogP contribution is -2.37. The van der Waals surface area contributed by atoms with Crippen LogP contribution >= 0.6 is 7.82 Å². The Morgan fingerprint density at radius 1 is 0.638 bits per heavy atom. The van der Waals surface area contributed by atoms with E-state index in [2.05, 4.69) is 26.0 Å². The number of carbonyl (C=O) groups excluding carboxylic acids is 1. The third kappa shape index (κ3) is 36.3. The molecule has 0 rings (SSSR count). The second-order valence-electron chi connectivity index (χ2n) is 14.3. The number of phosphoric ester groups is 1. The maximum Gasteiger partial charge on any atom is 0.306 e. The molecule has 0 aromatic rings. The van der Waals surface area contributed by atoms with Gasteiger partial charge in [-0.3, -0.25) is 9.36 Å². The molecule has 0 aliphatic carbocycles. The fourth-order valence-electron chi connectivity index (χ4n) is 5.25. The average molecular weight is 690 g/mol. The number of likely N-dealkylation sites (N-methyl/N-ethyl adjacent to an activating group) is 1. The van der Waals surface area contributed by atoms with Crippen LogP contribution in [0.2, 0.25) is 0 Å². The number of hydrogen-bond donors (Lipinski definition) is 0. The first kappa shape index (κ1) is 46.2. The van der Waals surface area contributed by atoms with E-state index in [0.29, 0.717) is 24.1 Å². The van der Waals surface area contributed by atoms with Crippen molar-refractivity contribution < 1.29 is 37.3 Å². The summed E-state index contributed by atoms with van der Waals surface area (Å²) < 4.78 is 34.4. The van der Waals surface area contributed by atoms with Crippen LogP contribution in [0.15, 0.2) is 12.2 Å². The van der Waals surface area contributed by atoms with E-state index in [1.165, 1.54) is 103 Å². The first-order valence-corrected chi connectivity index (χ1v) is 20.9. The molecule has 0 aliphatic heterocycles. The Hall–Kier alpha value is -0.760. The molecular formula is C38H76NO7P. The van der Waals surface area contributed by atoms with Crippen LogP contribution in [-0.2, 0) is 27.9 Å². The van der Waals surface area contributed by atoms with Crippen LogP contribution in [-0.4, -0.2) is 70.7 Å². The lowest BCUT2D eigenvalue weighted by atomic mass is 10.1. The van der Waals surface area contributed by atoms with Gasteiger partial charge in [-0.05, 0) is 38.5 Å². The second kappa shape index (κ2) is 32.4. The summed E-state index contributed by atoms with van der Waals surface area (Å²) in [6.45, 7) is 5.40. The van der Waals surface area contributed by atoms with Crippen molar-refractivity contribution in [3.05, 3.63) is 12.2 Å². The van der Waals surface area contributed by atoms with Crippen LogP contribution in [0.5, 0.6) is 0 Å². The SMILES string of the molecule is CCCCCCC/C=C\CCCCCCCC(=O)OC(COCCCCCCCCCCCCC)COP(=O)([O-])OCC[N+](C)(C)C. The predicted molar refractivity (Wildman–Crippen MR) is 194 cm³/mol. The second-order valence-corrected chi connectivity index (χ2v) is 15.7. The molecule has 0 aromatic carbocycles. The minimum Gasteiger partial charge on any atom is -0.756 e. The van der Waals surface area contributed by atoms with E-state index in [9.17, 15) is 14.3 Å². The van der Waals surface area contributed by atoms with E-state index in [0.717, 1.165) is 44.9 Å². The first-order chi connectivity index (χ1) is 22.6. The normalized spacial score (nSPS) is 14.1. The topological polar surface area (TPSA) is 94.1 Å². The minimum absolute atomic E-state index is 0.0273. The van der Waals surface area contributed by atoms with Crippen molar-refractivity contribution in [3.63, 3.8) is 0 Å². The van der Waals surface area contributed by atoms with Gasteiger partial charge in [-0.25, -0.2) is 0 Å². The zero-order valence-electron chi connectivity index (χ0n) is 31.5. The molecule has 0 aromatic heterocycles. The van der Waals surface area contributed by atoms with Gasteiger partial charge in [0, 0.05) is 13.0 Å². The monoisotopic (exact) mass is 690 g/mol. The highest BCUT2D eigenvalue weighted by atomic mass is 31.2. The average Bonchev–Trinajstić information content (AvgIpc) is 3.01. The number of esters is 1. The smallest absolute Gasteiger partial charge is 0.306 e. The van der Waals surface area contributed by atoms with Gasteiger partial charge >= 0.3 is 5.97 Å². The third-order valence-corrected chi connectivity index (χ3v) is 9.28. The van der Waals surface area contributed by atoms with E-state index < -0.39 is 13.9 Å². The summed E-state index contributed by atoms with van der Waals surface area (Å²) in [6.07, 6.45) is 32.1. The fourth-order valence-corrected chi connectivity index (χ4v) is 5.97. The van der Waals surface area contributed by atoms with Gasteiger partial charge in [0.1, 0.15) is 19.3 Å². The maximum absolute atomic E-state index is 12.6. The van der Waals surface area contributed by atoms with Crippen molar-refractivity contribution in [2.45, 2.75) is 174 Å². The Bertz CT molecular complexity index is 772. The molecule has 0 N–H and O–H groups in total. The Balaban J connectivity index is 4.30. The fraction of sp³-hybridized carbons (Fsp3) is 0.921. The number of quaternary nitrogens is 1. The van der Waals surface area contributed by atoms with Gasteiger partial charge in [0.2, 0.25) is 0 Å². The minimum atomic E-state index is -4.51. The number of allylic oxidation sites excluding steroid dienone is 2. The molecule has 0 heterocycles. The molecule has 2 unspecified atom stereocenters. The molecular weight excluding hydrogens is 613 g/mol. The molecule has 0 spiro atoms. The summed E-state index contributed by atoms with van der Waals surface area (Å²) in [7, 11) is 1.36. The standard InChI is InChI=1S/C38H76NO7P/c1-6-8-10-12-14-16-18-19-20-21-23-25-27-29-31-38(40)46-37(36-45-47(41,42)44-34-32-39(3,4)5)35-43-33-30-28-26-24-22-17-15-13-11-9-7-2/h18-19,37H,6-17,20-36H2,1-5H3/b19-18-. The van der Waals surface area contributed by atoms with Crippen molar-refractivity contribution >= 4 is 13.8 Å². The zero-order valence-corrected chi connectivity index (χ0v) is 32.4. The molecule has 9 heteroatoms. The summed E-state index contributed by atoms with van der Waals surface area (Å²) in [6, 6.07) is 0. The zero-order chi connectivity index (χ0) is 34.9. The molecule has 0 radical (unpaired) electrons. The molecule has 47 heavy (non-hydrogen) atoms. The molecule has 0 bridgehead atoms. The summed E-state index contributed by atoms with van der Waals surface area (Å²) >= 11 is 0. The van der Waals surface area contributed by atoms with Crippen LogP contribution in [0.25, 0.3) is 0 Å². The van der Waals surface area contributed by atoms with E-state index in [-0.39, 0.29) is 25.8 Å². The Labute approximate surface area is 290 Å². The summed E-state index contributed by atoms with van der Waals surface area (Å²) in [5, 5.41) is 0. The molecule has 2 atom stereocenters. The highest BCUT2D eigenvalue weighted by Gasteiger charge is 2.20. The van der Waals surface area contributed by atoms with Crippen LogP contribution in [0.1, 0.15) is 168 Å². The molecule has 0 aliphatic rings. The quantitative estimate of drug-likeness (QED) is 0.0212. The van der Waals surface area contributed by atoms with E-state index in [4.69, 9.17) is 18.5 Å². The third-order valence-electron chi connectivity index (χ3n) is 8.32. The summed E-state index contributed by atoms with van der Waals surface area (Å²) in [4.78, 5) is 24.9. The summed E-state index contributed by atoms with van der Waals surface area (Å²) in [5.41, 5.74) is 0. The Kier molecular flexibility index (Phi) is 31.9. The Morgan fingerprint density at radius 2 is 1.11 bits per heavy atom. The number of unbranched alkanes of at least 4 members (excludes halogenated alkanes) is 20. The highest BCUT2D eigenvalue weighted by molar-refractivity contribution is 7.45. The molecule has 0 amide bonds. The van der Waals surface area contributed by atoms with Gasteiger partial charge in [0.15, 0.2) is 0 Å². The van der Waals surface area contributed by atoms with Gasteiger partial charge in [-0.2, -0.15) is 0 Å². The number of hydrogen-bond acceptors (Lipinski definition) is 7. The van der Waals surface area contributed by atoms with Crippen molar-refractivity contribution in [1.82, 2.24) is 0 Å². The van der Waals surface area contributed by atoms with Crippen LogP contribution in [0.3, 0.4) is 0 Å². The van der Waals surface area contributed by atoms with Crippen LogP contribution in [0, 0.1) is 0 Å².